The van der Waals surface area contributed by atoms with E-state index in [2.05, 4.69) is 5.10 Å². The molecule has 1 aliphatic rings. The maximum Gasteiger partial charge on any atom is 0.141 e. The minimum atomic E-state index is 0.338. The summed E-state index contributed by atoms with van der Waals surface area (Å²) in [4.78, 5) is 11.7. The summed E-state index contributed by atoms with van der Waals surface area (Å²) in [5, 5.41) is 4.23. The number of nitrogens with zero attached hydrogens (tertiary/aromatic N) is 2. The van der Waals surface area contributed by atoms with E-state index in [0.29, 0.717) is 18.1 Å². The van der Waals surface area contributed by atoms with Crippen LogP contribution in [0.2, 0.25) is 0 Å². The second kappa shape index (κ2) is 3.56. The molecule has 0 amide bonds. The van der Waals surface area contributed by atoms with Crippen molar-refractivity contribution in [2.45, 2.75) is 32.6 Å². The van der Waals surface area contributed by atoms with Gasteiger partial charge in [0.2, 0.25) is 0 Å². The Morgan fingerprint density at radius 2 is 2.36 bits per heavy atom. The van der Waals surface area contributed by atoms with E-state index in [4.69, 9.17) is 0 Å². The fourth-order valence-corrected chi connectivity index (χ4v) is 1.88. The maximum absolute atomic E-state index is 11.7. The summed E-state index contributed by atoms with van der Waals surface area (Å²) in [6.07, 6.45) is 3.97. The second-order valence-electron chi connectivity index (χ2n) is 4.17. The SMILES string of the molecule is Cc1cc(CC(=O)C2CCC2)n(C)n1. The molecule has 0 unspecified atom stereocenters. The van der Waals surface area contributed by atoms with Crippen LogP contribution in [0.1, 0.15) is 30.7 Å². The Bertz CT molecular complexity index is 350. The summed E-state index contributed by atoms with van der Waals surface area (Å²) in [7, 11) is 1.90. The molecular weight excluding hydrogens is 176 g/mol. The number of rotatable bonds is 3. The number of aryl methyl sites for hydroxylation is 2. The van der Waals surface area contributed by atoms with Crippen LogP contribution in [-0.2, 0) is 18.3 Å². The van der Waals surface area contributed by atoms with E-state index in [1.807, 2.05) is 24.7 Å². The normalized spacial score (nSPS) is 16.7. The summed E-state index contributed by atoms with van der Waals surface area (Å²) >= 11 is 0. The largest absolute Gasteiger partial charge is 0.299 e. The lowest BCUT2D eigenvalue weighted by molar-refractivity contribution is -0.124. The quantitative estimate of drug-likeness (QED) is 0.729. The van der Waals surface area contributed by atoms with Crippen molar-refractivity contribution >= 4 is 5.78 Å². The number of ketones is 1. The van der Waals surface area contributed by atoms with Crippen molar-refractivity contribution in [3.8, 4) is 0 Å². The number of aromatic nitrogens is 2. The van der Waals surface area contributed by atoms with Gasteiger partial charge in [-0.3, -0.25) is 9.48 Å². The molecule has 0 aliphatic heterocycles. The van der Waals surface area contributed by atoms with E-state index in [1.165, 1.54) is 6.42 Å². The first-order chi connectivity index (χ1) is 6.66. The fraction of sp³-hybridized carbons (Fsp3) is 0.636. The third-order valence-electron chi connectivity index (χ3n) is 3.01. The topological polar surface area (TPSA) is 34.9 Å². The monoisotopic (exact) mass is 192 g/mol. The predicted octanol–water partition coefficient (Wildman–Crippen LogP) is 1.64. The van der Waals surface area contributed by atoms with Crippen molar-refractivity contribution in [2.24, 2.45) is 13.0 Å². The van der Waals surface area contributed by atoms with Gasteiger partial charge in [-0.2, -0.15) is 5.10 Å². The van der Waals surface area contributed by atoms with Gasteiger partial charge in [0, 0.05) is 25.1 Å². The van der Waals surface area contributed by atoms with E-state index in [9.17, 15) is 4.79 Å². The molecule has 1 aromatic rings. The molecule has 0 bridgehead atoms. The second-order valence-corrected chi connectivity index (χ2v) is 4.17. The summed E-state index contributed by atoms with van der Waals surface area (Å²) < 4.78 is 1.81. The van der Waals surface area contributed by atoms with Crippen molar-refractivity contribution in [1.82, 2.24) is 9.78 Å². The van der Waals surface area contributed by atoms with E-state index >= 15 is 0 Å². The molecule has 1 aromatic heterocycles. The Morgan fingerprint density at radius 1 is 1.64 bits per heavy atom. The average Bonchev–Trinajstić information content (AvgIpc) is 2.26. The van der Waals surface area contributed by atoms with Gasteiger partial charge in [-0.05, 0) is 25.8 Å². The summed E-state index contributed by atoms with van der Waals surface area (Å²) in [6.45, 7) is 1.96. The number of carbonyl (C=O) groups excluding carboxylic acids is 1. The molecule has 3 nitrogen and oxygen atoms in total. The number of carbonyl (C=O) groups is 1. The van der Waals surface area contributed by atoms with Crippen LogP contribution in [0.5, 0.6) is 0 Å². The van der Waals surface area contributed by atoms with Crippen molar-refractivity contribution in [1.29, 1.82) is 0 Å². The number of Topliss-reactive ketones (excluding diaryl/α,β-unsaturated/α-hetero) is 1. The molecule has 3 heteroatoms. The molecule has 0 aromatic carbocycles. The Labute approximate surface area is 84.1 Å². The molecule has 0 saturated heterocycles. The Balaban J connectivity index is 2.02. The first-order valence-corrected chi connectivity index (χ1v) is 5.19. The highest BCUT2D eigenvalue weighted by molar-refractivity contribution is 5.83. The van der Waals surface area contributed by atoms with Crippen LogP contribution in [0, 0.1) is 12.8 Å². The fourth-order valence-electron chi connectivity index (χ4n) is 1.88. The lowest BCUT2D eigenvalue weighted by atomic mass is 9.81. The minimum Gasteiger partial charge on any atom is -0.299 e. The lowest BCUT2D eigenvalue weighted by Crippen LogP contribution is -2.24. The minimum absolute atomic E-state index is 0.338. The molecule has 1 aliphatic carbocycles. The number of hydrogen-bond donors (Lipinski definition) is 0. The maximum atomic E-state index is 11.7. The Hall–Kier alpha value is -1.12. The van der Waals surface area contributed by atoms with Crippen LogP contribution in [0.25, 0.3) is 0 Å². The third kappa shape index (κ3) is 1.72. The third-order valence-corrected chi connectivity index (χ3v) is 3.01. The van der Waals surface area contributed by atoms with Gasteiger partial charge in [0.05, 0.1) is 5.69 Å². The van der Waals surface area contributed by atoms with E-state index < -0.39 is 0 Å². The smallest absolute Gasteiger partial charge is 0.141 e. The summed E-state index contributed by atoms with van der Waals surface area (Å²) in [6, 6.07) is 2.00. The molecule has 2 rings (SSSR count). The summed E-state index contributed by atoms with van der Waals surface area (Å²) in [5.41, 5.74) is 2.03. The molecule has 0 radical (unpaired) electrons. The molecule has 1 heterocycles. The zero-order chi connectivity index (χ0) is 10.1. The summed E-state index contributed by atoms with van der Waals surface area (Å²) in [5.74, 6) is 0.726. The van der Waals surface area contributed by atoms with Crippen LogP contribution in [0.3, 0.4) is 0 Å². The van der Waals surface area contributed by atoms with Crippen LogP contribution in [0.4, 0.5) is 0 Å². The van der Waals surface area contributed by atoms with Gasteiger partial charge in [-0.1, -0.05) is 6.42 Å². The van der Waals surface area contributed by atoms with Crippen LogP contribution >= 0.6 is 0 Å². The molecule has 0 N–H and O–H groups in total. The Morgan fingerprint density at radius 3 is 2.79 bits per heavy atom. The Kier molecular flexibility index (Phi) is 2.40. The molecule has 1 saturated carbocycles. The highest BCUT2D eigenvalue weighted by Crippen LogP contribution is 2.28. The van der Waals surface area contributed by atoms with Crippen molar-refractivity contribution in [3.05, 3.63) is 17.5 Å². The van der Waals surface area contributed by atoms with Gasteiger partial charge in [0.15, 0.2) is 0 Å². The van der Waals surface area contributed by atoms with Crippen molar-refractivity contribution in [3.63, 3.8) is 0 Å². The average molecular weight is 192 g/mol. The zero-order valence-electron chi connectivity index (χ0n) is 8.79. The highest BCUT2D eigenvalue weighted by atomic mass is 16.1. The van der Waals surface area contributed by atoms with E-state index in [1.54, 1.807) is 0 Å². The molecule has 0 atom stereocenters. The highest BCUT2D eigenvalue weighted by Gasteiger charge is 2.25. The first-order valence-electron chi connectivity index (χ1n) is 5.19. The standard InChI is InChI=1S/C11H16N2O/c1-8-6-10(13(2)12-8)7-11(14)9-4-3-5-9/h6,9H,3-5,7H2,1-2H3. The molecular formula is C11H16N2O. The molecule has 14 heavy (non-hydrogen) atoms. The van der Waals surface area contributed by atoms with Gasteiger partial charge < -0.3 is 0 Å². The van der Waals surface area contributed by atoms with Gasteiger partial charge in [0.25, 0.3) is 0 Å². The lowest BCUT2D eigenvalue weighted by Gasteiger charge is -2.23. The molecule has 0 spiro atoms. The van der Waals surface area contributed by atoms with Gasteiger partial charge in [-0.25, -0.2) is 0 Å². The van der Waals surface area contributed by atoms with Crippen LogP contribution < -0.4 is 0 Å². The first kappa shape index (κ1) is 9.44. The predicted molar refractivity (Wildman–Crippen MR) is 54.0 cm³/mol. The molecule has 1 fully saturated rings. The van der Waals surface area contributed by atoms with Crippen molar-refractivity contribution < 1.29 is 4.79 Å². The van der Waals surface area contributed by atoms with E-state index in [-0.39, 0.29) is 0 Å². The van der Waals surface area contributed by atoms with Gasteiger partial charge >= 0.3 is 0 Å². The molecule has 76 valence electrons. The number of hydrogen-bond acceptors (Lipinski definition) is 2. The van der Waals surface area contributed by atoms with E-state index in [0.717, 1.165) is 24.2 Å². The van der Waals surface area contributed by atoms with Gasteiger partial charge in [0.1, 0.15) is 5.78 Å². The van der Waals surface area contributed by atoms with Crippen molar-refractivity contribution in [2.75, 3.05) is 0 Å². The van der Waals surface area contributed by atoms with Crippen LogP contribution in [-0.4, -0.2) is 15.6 Å². The zero-order valence-corrected chi connectivity index (χ0v) is 8.79. The van der Waals surface area contributed by atoms with Crippen LogP contribution in [0.15, 0.2) is 6.07 Å². The van der Waals surface area contributed by atoms with Gasteiger partial charge in [-0.15, -0.1) is 0 Å².